The number of benzene rings is 2. The number of carbonyl (C=O) groups excluding carboxylic acids is 1. The molecule has 1 unspecified atom stereocenters. The number of carbonyl (C=O) groups is 1. The fourth-order valence-electron chi connectivity index (χ4n) is 1.72. The maximum atomic E-state index is 11.7. The van der Waals surface area contributed by atoms with Gasteiger partial charge in [0, 0.05) is 0 Å². The van der Waals surface area contributed by atoms with Crippen LogP contribution >= 0.6 is 0 Å². The van der Waals surface area contributed by atoms with E-state index in [0.29, 0.717) is 5.75 Å². The molecule has 0 fully saturated rings. The van der Waals surface area contributed by atoms with Crippen molar-refractivity contribution in [2.24, 2.45) is 0 Å². The molecule has 0 aliphatic rings. The molecule has 0 saturated heterocycles. The third kappa shape index (κ3) is 3.58. The van der Waals surface area contributed by atoms with Gasteiger partial charge >= 0.3 is 6.16 Å². The number of ether oxygens (including phenoxy) is 2. The van der Waals surface area contributed by atoms with E-state index in [1.165, 1.54) is 0 Å². The molecule has 0 aliphatic carbocycles. The molecule has 0 saturated carbocycles. The maximum absolute atomic E-state index is 11.7. The Morgan fingerprint density at radius 2 is 1.63 bits per heavy atom. The summed E-state index contributed by atoms with van der Waals surface area (Å²) in [7, 11) is 0. The summed E-state index contributed by atoms with van der Waals surface area (Å²) in [6, 6.07) is 16.9. The second kappa shape index (κ2) is 6.05. The third-order valence-electron chi connectivity index (χ3n) is 2.83. The van der Waals surface area contributed by atoms with Crippen LogP contribution in [0, 0.1) is 6.92 Å². The molecule has 19 heavy (non-hydrogen) atoms. The highest BCUT2D eigenvalue weighted by atomic mass is 16.7. The van der Waals surface area contributed by atoms with Gasteiger partial charge in [0.25, 0.3) is 0 Å². The first kappa shape index (κ1) is 13.1. The van der Waals surface area contributed by atoms with E-state index < -0.39 is 6.16 Å². The van der Waals surface area contributed by atoms with Crippen molar-refractivity contribution in [1.82, 2.24) is 0 Å². The number of hydrogen-bond donors (Lipinski definition) is 0. The summed E-state index contributed by atoms with van der Waals surface area (Å²) >= 11 is 0. The fourth-order valence-corrected chi connectivity index (χ4v) is 1.72. The van der Waals surface area contributed by atoms with E-state index in [1.54, 1.807) is 6.07 Å². The molecule has 98 valence electrons. The monoisotopic (exact) mass is 256 g/mol. The third-order valence-corrected chi connectivity index (χ3v) is 2.83. The Bertz CT molecular complexity index is 549. The van der Waals surface area contributed by atoms with Gasteiger partial charge in [0.2, 0.25) is 0 Å². The van der Waals surface area contributed by atoms with Crippen molar-refractivity contribution in [2.45, 2.75) is 20.0 Å². The van der Waals surface area contributed by atoms with Gasteiger partial charge in [-0.15, -0.1) is 0 Å². The summed E-state index contributed by atoms with van der Waals surface area (Å²) < 4.78 is 10.4. The molecule has 2 aromatic rings. The van der Waals surface area contributed by atoms with E-state index in [1.807, 2.05) is 62.4 Å². The fraction of sp³-hybridized carbons (Fsp3) is 0.188. The van der Waals surface area contributed by atoms with Crippen LogP contribution in [0.1, 0.15) is 24.2 Å². The highest BCUT2D eigenvalue weighted by molar-refractivity contribution is 5.64. The predicted molar refractivity (Wildman–Crippen MR) is 73.1 cm³/mol. The van der Waals surface area contributed by atoms with Crippen molar-refractivity contribution < 1.29 is 14.3 Å². The number of hydrogen-bond acceptors (Lipinski definition) is 3. The van der Waals surface area contributed by atoms with Crippen molar-refractivity contribution >= 4 is 6.16 Å². The van der Waals surface area contributed by atoms with E-state index >= 15 is 0 Å². The van der Waals surface area contributed by atoms with Crippen LogP contribution in [-0.4, -0.2) is 6.16 Å². The van der Waals surface area contributed by atoms with Crippen LogP contribution in [0.15, 0.2) is 54.6 Å². The molecule has 0 radical (unpaired) electrons. The lowest BCUT2D eigenvalue weighted by atomic mass is 10.1. The lowest BCUT2D eigenvalue weighted by molar-refractivity contribution is 0.0653. The lowest BCUT2D eigenvalue weighted by Gasteiger charge is -2.13. The van der Waals surface area contributed by atoms with Crippen LogP contribution in [-0.2, 0) is 4.74 Å². The summed E-state index contributed by atoms with van der Waals surface area (Å²) in [6.07, 6.45) is -1.02. The van der Waals surface area contributed by atoms with E-state index in [0.717, 1.165) is 11.1 Å². The molecule has 2 rings (SSSR count). The van der Waals surface area contributed by atoms with Crippen LogP contribution in [0.4, 0.5) is 4.79 Å². The summed E-state index contributed by atoms with van der Waals surface area (Å²) in [5.74, 6) is 0.521. The van der Waals surface area contributed by atoms with E-state index in [9.17, 15) is 4.79 Å². The van der Waals surface area contributed by atoms with Gasteiger partial charge < -0.3 is 9.47 Å². The standard InChI is InChI=1S/C16H16O3/c1-12-8-6-7-11-15(12)19-16(17)18-13(2)14-9-4-3-5-10-14/h3-11,13H,1-2H3. The second-order valence-corrected chi connectivity index (χ2v) is 4.29. The van der Waals surface area contributed by atoms with Gasteiger partial charge in [0.1, 0.15) is 11.9 Å². The van der Waals surface area contributed by atoms with Crippen molar-refractivity contribution in [2.75, 3.05) is 0 Å². The molecular formula is C16H16O3. The summed E-state index contributed by atoms with van der Waals surface area (Å²) in [5, 5.41) is 0. The number of para-hydroxylation sites is 1. The van der Waals surface area contributed by atoms with Crippen molar-refractivity contribution in [3.63, 3.8) is 0 Å². The predicted octanol–water partition coefficient (Wildman–Crippen LogP) is 4.27. The van der Waals surface area contributed by atoms with Gasteiger partial charge in [-0.05, 0) is 31.0 Å². The quantitative estimate of drug-likeness (QED) is 0.607. The Morgan fingerprint density at radius 1 is 1.00 bits per heavy atom. The Hall–Kier alpha value is -2.29. The topological polar surface area (TPSA) is 35.5 Å². The molecule has 1 atom stereocenters. The minimum absolute atomic E-state index is 0.335. The van der Waals surface area contributed by atoms with Crippen molar-refractivity contribution in [3.8, 4) is 5.75 Å². The lowest BCUT2D eigenvalue weighted by Crippen LogP contribution is -2.13. The molecule has 0 bridgehead atoms. The zero-order chi connectivity index (χ0) is 13.7. The molecule has 0 amide bonds. The molecule has 2 aromatic carbocycles. The maximum Gasteiger partial charge on any atom is 0.514 e. The van der Waals surface area contributed by atoms with Crippen LogP contribution in [0.3, 0.4) is 0 Å². The van der Waals surface area contributed by atoms with Crippen molar-refractivity contribution in [3.05, 3.63) is 65.7 Å². The van der Waals surface area contributed by atoms with E-state index in [2.05, 4.69) is 0 Å². The van der Waals surface area contributed by atoms with Gasteiger partial charge in [0.15, 0.2) is 0 Å². The highest BCUT2D eigenvalue weighted by Gasteiger charge is 2.14. The molecule has 3 heteroatoms. The molecule has 0 N–H and O–H groups in total. The summed E-state index contributed by atoms with van der Waals surface area (Å²) in [6.45, 7) is 3.69. The average Bonchev–Trinajstić information content (AvgIpc) is 2.42. The first-order valence-electron chi connectivity index (χ1n) is 6.16. The molecule has 0 aliphatic heterocycles. The van der Waals surface area contributed by atoms with Gasteiger partial charge in [-0.25, -0.2) is 4.79 Å². The Balaban J connectivity index is 1.97. The van der Waals surface area contributed by atoms with Gasteiger partial charge in [0.05, 0.1) is 0 Å². The summed E-state index contributed by atoms with van der Waals surface area (Å²) in [4.78, 5) is 11.7. The van der Waals surface area contributed by atoms with E-state index in [4.69, 9.17) is 9.47 Å². The highest BCUT2D eigenvalue weighted by Crippen LogP contribution is 2.20. The molecule has 3 nitrogen and oxygen atoms in total. The van der Waals surface area contributed by atoms with Crippen LogP contribution < -0.4 is 4.74 Å². The van der Waals surface area contributed by atoms with Crippen molar-refractivity contribution in [1.29, 1.82) is 0 Å². The van der Waals surface area contributed by atoms with E-state index in [-0.39, 0.29) is 6.10 Å². The number of rotatable bonds is 3. The molecule has 0 heterocycles. The minimum atomic E-state index is -0.689. The van der Waals surface area contributed by atoms with Gasteiger partial charge in [-0.1, -0.05) is 48.5 Å². The van der Waals surface area contributed by atoms with Crippen LogP contribution in [0.25, 0.3) is 0 Å². The Labute approximate surface area is 112 Å². The van der Waals surface area contributed by atoms with Crippen LogP contribution in [0.5, 0.6) is 5.75 Å². The Kier molecular flexibility index (Phi) is 4.18. The largest absolute Gasteiger partial charge is 0.514 e. The average molecular weight is 256 g/mol. The normalized spacial score (nSPS) is 11.7. The first-order valence-corrected chi connectivity index (χ1v) is 6.16. The molecular weight excluding hydrogens is 240 g/mol. The molecule has 0 aromatic heterocycles. The van der Waals surface area contributed by atoms with Gasteiger partial charge in [-0.2, -0.15) is 0 Å². The smallest absolute Gasteiger partial charge is 0.426 e. The number of aryl methyl sites for hydroxylation is 1. The van der Waals surface area contributed by atoms with Crippen LogP contribution in [0.2, 0.25) is 0 Å². The first-order chi connectivity index (χ1) is 9.16. The van der Waals surface area contributed by atoms with Gasteiger partial charge in [-0.3, -0.25) is 0 Å². The molecule has 0 spiro atoms. The Morgan fingerprint density at radius 3 is 2.32 bits per heavy atom. The second-order valence-electron chi connectivity index (χ2n) is 4.29. The SMILES string of the molecule is Cc1ccccc1OC(=O)OC(C)c1ccccc1. The minimum Gasteiger partial charge on any atom is -0.426 e. The summed E-state index contributed by atoms with van der Waals surface area (Å²) in [5.41, 5.74) is 1.83. The zero-order valence-corrected chi connectivity index (χ0v) is 11.0. The zero-order valence-electron chi connectivity index (χ0n) is 11.0.